The van der Waals surface area contributed by atoms with Gasteiger partial charge in [0, 0.05) is 5.75 Å². The molecule has 3 N–H and O–H groups in total. The number of hydrogen-bond donors (Lipinski definition) is 2. The average molecular weight is 301 g/mol. The third kappa shape index (κ3) is 3.67. The Morgan fingerprint density at radius 2 is 1.38 bits per heavy atom. The first-order valence-electron chi connectivity index (χ1n) is 7.25. The highest BCUT2D eigenvalue weighted by molar-refractivity contribution is 7.99. The van der Waals surface area contributed by atoms with Gasteiger partial charge in [-0.1, -0.05) is 74.5 Å². The molecule has 0 saturated heterocycles. The first-order valence-corrected chi connectivity index (χ1v) is 8.30. The fraction of sp³-hybridized carbons (Fsp3) is 0.333. The molecule has 3 heteroatoms. The Morgan fingerprint density at radius 1 is 0.952 bits per heavy atom. The van der Waals surface area contributed by atoms with Crippen LogP contribution in [-0.2, 0) is 5.60 Å². The van der Waals surface area contributed by atoms with E-state index in [1.165, 1.54) is 0 Å². The van der Waals surface area contributed by atoms with Crippen LogP contribution in [-0.4, -0.2) is 22.2 Å². The van der Waals surface area contributed by atoms with Gasteiger partial charge < -0.3 is 10.8 Å². The summed E-state index contributed by atoms with van der Waals surface area (Å²) in [7, 11) is 0. The maximum absolute atomic E-state index is 11.4. The lowest BCUT2D eigenvalue weighted by atomic mass is 9.81. The molecule has 0 heterocycles. The van der Waals surface area contributed by atoms with Crippen LogP contribution in [0.5, 0.6) is 0 Å². The smallest absolute Gasteiger partial charge is 0.130 e. The molecule has 0 unspecified atom stereocenters. The molecule has 0 fully saturated rings. The molecule has 2 aromatic rings. The zero-order chi connectivity index (χ0) is 15.3. The SMILES string of the molecule is CC(C)SC[C@H](N)C(O)(c1ccccc1)c1ccccc1. The van der Waals surface area contributed by atoms with Crippen LogP contribution in [0.2, 0.25) is 0 Å². The van der Waals surface area contributed by atoms with Gasteiger partial charge in [0.2, 0.25) is 0 Å². The van der Waals surface area contributed by atoms with Gasteiger partial charge in [-0.05, 0) is 16.4 Å². The van der Waals surface area contributed by atoms with Gasteiger partial charge in [-0.15, -0.1) is 0 Å². The van der Waals surface area contributed by atoms with Gasteiger partial charge in [-0.2, -0.15) is 11.8 Å². The summed E-state index contributed by atoms with van der Waals surface area (Å²) in [6.45, 7) is 4.28. The normalized spacial score (nSPS) is 13.4. The van der Waals surface area contributed by atoms with E-state index in [0.29, 0.717) is 11.0 Å². The highest BCUT2D eigenvalue weighted by atomic mass is 32.2. The van der Waals surface area contributed by atoms with Gasteiger partial charge >= 0.3 is 0 Å². The van der Waals surface area contributed by atoms with Gasteiger partial charge in [0.1, 0.15) is 5.60 Å². The van der Waals surface area contributed by atoms with E-state index in [-0.39, 0.29) is 6.04 Å². The Hall–Kier alpha value is -1.29. The molecule has 0 amide bonds. The van der Waals surface area contributed by atoms with Gasteiger partial charge in [0.05, 0.1) is 6.04 Å². The van der Waals surface area contributed by atoms with Crippen molar-refractivity contribution in [2.75, 3.05) is 5.75 Å². The highest BCUT2D eigenvalue weighted by Crippen LogP contribution is 2.33. The molecule has 2 aromatic carbocycles. The van der Waals surface area contributed by atoms with Crippen molar-refractivity contribution in [3.05, 3.63) is 71.8 Å². The lowest BCUT2D eigenvalue weighted by Crippen LogP contribution is -2.48. The number of rotatable bonds is 6. The van der Waals surface area contributed by atoms with Crippen LogP contribution in [0.3, 0.4) is 0 Å². The van der Waals surface area contributed by atoms with Crippen molar-refractivity contribution in [2.24, 2.45) is 5.73 Å². The zero-order valence-electron chi connectivity index (χ0n) is 12.6. The van der Waals surface area contributed by atoms with Crippen LogP contribution < -0.4 is 5.73 Å². The third-order valence-electron chi connectivity index (χ3n) is 3.57. The summed E-state index contributed by atoms with van der Waals surface area (Å²) in [5.41, 5.74) is 6.91. The molecule has 0 aromatic heterocycles. The predicted molar refractivity (Wildman–Crippen MR) is 91.5 cm³/mol. The topological polar surface area (TPSA) is 46.2 Å². The van der Waals surface area contributed by atoms with E-state index in [2.05, 4.69) is 13.8 Å². The van der Waals surface area contributed by atoms with Crippen molar-refractivity contribution >= 4 is 11.8 Å². The van der Waals surface area contributed by atoms with E-state index in [4.69, 9.17) is 5.73 Å². The molecule has 0 spiro atoms. The summed E-state index contributed by atoms with van der Waals surface area (Å²) in [5, 5.41) is 11.9. The minimum Gasteiger partial charge on any atom is -0.379 e. The molecule has 2 rings (SSSR count). The van der Waals surface area contributed by atoms with Crippen molar-refractivity contribution in [1.29, 1.82) is 0 Å². The maximum Gasteiger partial charge on any atom is 0.130 e. The standard InChI is InChI=1S/C18H23NOS/c1-14(2)21-13-17(19)18(20,15-9-5-3-6-10-15)16-11-7-4-8-12-16/h3-12,14,17,20H,13,19H2,1-2H3/t17-/m0/s1. The van der Waals surface area contributed by atoms with Gasteiger partial charge in [0.25, 0.3) is 0 Å². The van der Waals surface area contributed by atoms with Crippen LogP contribution >= 0.6 is 11.8 Å². The fourth-order valence-corrected chi connectivity index (χ4v) is 3.23. The Kier molecular flexibility index (Phi) is 5.45. The number of benzene rings is 2. The van der Waals surface area contributed by atoms with Crippen molar-refractivity contribution in [3.8, 4) is 0 Å². The molecule has 0 aliphatic rings. The van der Waals surface area contributed by atoms with Crippen LogP contribution in [0.4, 0.5) is 0 Å². The second kappa shape index (κ2) is 7.12. The van der Waals surface area contributed by atoms with E-state index < -0.39 is 5.60 Å². The summed E-state index contributed by atoms with van der Waals surface area (Å²) in [4.78, 5) is 0. The highest BCUT2D eigenvalue weighted by Gasteiger charge is 2.37. The summed E-state index contributed by atoms with van der Waals surface area (Å²) < 4.78 is 0. The van der Waals surface area contributed by atoms with Crippen LogP contribution in [0.15, 0.2) is 60.7 Å². The molecule has 1 atom stereocenters. The van der Waals surface area contributed by atoms with Gasteiger partial charge in [0.15, 0.2) is 0 Å². The quantitative estimate of drug-likeness (QED) is 0.859. The van der Waals surface area contributed by atoms with E-state index in [0.717, 1.165) is 11.1 Å². The van der Waals surface area contributed by atoms with Crippen molar-refractivity contribution < 1.29 is 5.11 Å². The van der Waals surface area contributed by atoms with Crippen molar-refractivity contribution in [3.63, 3.8) is 0 Å². The molecular formula is C18H23NOS. The van der Waals surface area contributed by atoms with Crippen LogP contribution in [0.25, 0.3) is 0 Å². The number of nitrogens with two attached hydrogens (primary N) is 1. The van der Waals surface area contributed by atoms with Crippen molar-refractivity contribution in [1.82, 2.24) is 0 Å². The van der Waals surface area contributed by atoms with E-state index in [1.807, 2.05) is 60.7 Å². The second-order valence-electron chi connectivity index (χ2n) is 5.49. The molecule has 0 aliphatic heterocycles. The monoisotopic (exact) mass is 301 g/mol. The lowest BCUT2D eigenvalue weighted by molar-refractivity contribution is 0.0594. The summed E-state index contributed by atoms with van der Waals surface area (Å²) in [6, 6.07) is 19.0. The van der Waals surface area contributed by atoms with E-state index in [1.54, 1.807) is 11.8 Å². The van der Waals surface area contributed by atoms with Crippen molar-refractivity contribution in [2.45, 2.75) is 30.7 Å². The van der Waals surface area contributed by atoms with Crippen LogP contribution in [0.1, 0.15) is 25.0 Å². The molecule has 0 aliphatic carbocycles. The third-order valence-corrected chi connectivity index (χ3v) is 4.79. The minimum atomic E-state index is -1.16. The molecule has 21 heavy (non-hydrogen) atoms. The number of aliphatic hydroxyl groups is 1. The first-order chi connectivity index (χ1) is 10.0. The molecule has 0 bridgehead atoms. The van der Waals surface area contributed by atoms with E-state index in [9.17, 15) is 5.11 Å². The summed E-state index contributed by atoms with van der Waals surface area (Å²) >= 11 is 1.77. The lowest BCUT2D eigenvalue weighted by Gasteiger charge is -2.35. The fourth-order valence-electron chi connectivity index (χ4n) is 2.40. The number of thioether (sulfide) groups is 1. The number of hydrogen-bond acceptors (Lipinski definition) is 3. The summed E-state index contributed by atoms with van der Waals surface area (Å²) in [5.74, 6) is 0.706. The van der Waals surface area contributed by atoms with Crippen LogP contribution in [0, 0.1) is 0 Å². The Morgan fingerprint density at radius 3 is 1.76 bits per heavy atom. The maximum atomic E-state index is 11.4. The Balaban J connectivity index is 2.40. The summed E-state index contributed by atoms with van der Waals surface area (Å²) in [6.07, 6.45) is 0. The minimum absolute atomic E-state index is 0.366. The molecule has 2 nitrogen and oxygen atoms in total. The molecule has 112 valence electrons. The Bertz CT molecular complexity index is 502. The van der Waals surface area contributed by atoms with Gasteiger partial charge in [-0.25, -0.2) is 0 Å². The largest absolute Gasteiger partial charge is 0.379 e. The Labute approximate surface area is 131 Å². The molecule has 0 radical (unpaired) electrons. The second-order valence-corrected chi connectivity index (χ2v) is 7.10. The van der Waals surface area contributed by atoms with E-state index >= 15 is 0 Å². The van der Waals surface area contributed by atoms with Gasteiger partial charge in [-0.3, -0.25) is 0 Å². The predicted octanol–water partition coefficient (Wildman–Crippen LogP) is 3.39. The molecule has 0 saturated carbocycles. The average Bonchev–Trinajstić information content (AvgIpc) is 2.53. The zero-order valence-corrected chi connectivity index (χ0v) is 13.4. The first kappa shape index (κ1) is 16.1. The molecular weight excluding hydrogens is 278 g/mol.